The van der Waals surface area contributed by atoms with Crippen LogP contribution in [0.1, 0.15) is 16.8 Å². The summed E-state index contributed by atoms with van der Waals surface area (Å²) in [5, 5.41) is 12.3. The number of hydrogen-bond acceptors (Lipinski definition) is 3. The quantitative estimate of drug-likeness (QED) is 0.568. The Balaban J connectivity index is 2.59. The molecule has 1 heterocycles. The lowest BCUT2D eigenvalue weighted by molar-refractivity contribution is 0.0983. The molecule has 1 aromatic rings. The van der Waals surface area contributed by atoms with Crippen molar-refractivity contribution < 1.29 is 9.90 Å². The lowest BCUT2D eigenvalue weighted by Gasteiger charge is -2.17. The zero-order valence-electron chi connectivity index (χ0n) is 6.50. The third-order valence-electron chi connectivity index (χ3n) is 2.00. The number of carbonyl (C=O) groups excluding carboxylic acids is 1. The van der Waals surface area contributed by atoms with Crippen molar-refractivity contribution in [2.75, 3.05) is 11.9 Å². The van der Waals surface area contributed by atoms with Crippen LogP contribution >= 0.6 is 0 Å². The summed E-state index contributed by atoms with van der Waals surface area (Å²) in [6.45, 7) is 0.614. The minimum absolute atomic E-state index is 0.0969. The largest absolute Gasteiger partial charge is 0.506 e. The summed E-state index contributed by atoms with van der Waals surface area (Å²) in [7, 11) is 0. The SMILES string of the molecule is O=C1CCNc2c(O)cccc21. The first-order chi connectivity index (χ1) is 5.79. The molecule has 0 radical (unpaired) electrons. The van der Waals surface area contributed by atoms with Gasteiger partial charge in [0.25, 0.3) is 0 Å². The fraction of sp³-hybridized carbons (Fsp3) is 0.222. The van der Waals surface area contributed by atoms with Gasteiger partial charge in [-0.1, -0.05) is 6.07 Å². The summed E-state index contributed by atoms with van der Waals surface area (Å²) < 4.78 is 0. The molecule has 0 fully saturated rings. The van der Waals surface area contributed by atoms with E-state index in [1.165, 1.54) is 0 Å². The number of hydrogen-bond donors (Lipinski definition) is 2. The topological polar surface area (TPSA) is 49.3 Å². The highest BCUT2D eigenvalue weighted by Crippen LogP contribution is 2.30. The van der Waals surface area contributed by atoms with E-state index in [-0.39, 0.29) is 11.5 Å². The first kappa shape index (κ1) is 7.16. The van der Waals surface area contributed by atoms with Gasteiger partial charge in [0.1, 0.15) is 5.75 Å². The Morgan fingerprint density at radius 2 is 2.25 bits per heavy atom. The molecule has 0 amide bonds. The Labute approximate surface area is 70.0 Å². The normalized spacial score (nSPS) is 15.2. The van der Waals surface area contributed by atoms with Crippen molar-refractivity contribution in [2.24, 2.45) is 0 Å². The van der Waals surface area contributed by atoms with Crippen LogP contribution in [-0.4, -0.2) is 17.4 Å². The molecule has 3 heteroatoms. The van der Waals surface area contributed by atoms with Crippen molar-refractivity contribution in [1.82, 2.24) is 0 Å². The summed E-state index contributed by atoms with van der Waals surface area (Å²) >= 11 is 0. The van der Waals surface area contributed by atoms with Crippen LogP contribution in [0.4, 0.5) is 5.69 Å². The first-order valence-electron chi connectivity index (χ1n) is 3.88. The molecule has 12 heavy (non-hydrogen) atoms. The Morgan fingerprint density at radius 1 is 1.42 bits per heavy atom. The number of carbonyl (C=O) groups is 1. The molecule has 3 nitrogen and oxygen atoms in total. The second kappa shape index (κ2) is 2.52. The van der Waals surface area contributed by atoms with Gasteiger partial charge in [-0.3, -0.25) is 4.79 Å². The fourth-order valence-corrected chi connectivity index (χ4v) is 1.39. The van der Waals surface area contributed by atoms with E-state index < -0.39 is 0 Å². The minimum Gasteiger partial charge on any atom is -0.506 e. The van der Waals surface area contributed by atoms with E-state index >= 15 is 0 Å². The van der Waals surface area contributed by atoms with E-state index in [0.717, 1.165) is 0 Å². The van der Waals surface area contributed by atoms with Crippen LogP contribution in [0, 0.1) is 0 Å². The van der Waals surface area contributed by atoms with E-state index in [0.29, 0.717) is 24.2 Å². The van der Waals surface area contributed by atoms with E-state index in [1.54, 1.807) is 18.2 Å². The minimum atomic E-state index is 0.0969. The molecule has 0 bridgehead atoms. The smallest absolute Gasteiger partial charge is 0.166 e. The maximum Gasteiger partial charge on any atom is 0.166 e. The maximum atomic E-state index is 11.3. The Morgan fingerprint density at radius 3 is 3.00 bits per heavy atom. The average Bonchev–Trinajstić information content (AvgIpc) is 2.07. The highest BCUT2D eigenvalue weighted by Gasteiger charge is 2.18. The monoisotopic (exact) mass is 163 g/mol. The van der Waals surface area contributed by atoms with Crippen molar-refractivity contribution in [3.05, 3.63) is 23.8 Å². The van der Waals surface area contributed by atoms with Crippen LogP contribution < -0.4 is 5.32 Å². The Hall–Kier alpha value is -1.51. The zero-order valence-corrected chi connectivity index (χ0v) is 6.50. The van der Waals surface area contributed by atoms with Crippen LogP contribution in [0.3, 0.4) is 0 Å². The standard InChI is InChI=1S/C9H9NO2/c11-7-4-5-10-9-6(7)2-1-3-8(9)12/h1-3,10,12H,4-5H2. The fourth-order valence-electron chi connectivity index (χ4n) is 1.39. The van der Waals surface area contributed by atoms with Gasteiger partial charge in [0.05, 0.1) is 5.69 Å². The van der Waals surface area contributed by atoms with Gasteiger partial charge >= 0.3 is 0 Å². The molecular formula is C9H9NO2. The lowest BCUT2D eigenvalue weighted by Crippen LogP contribution is -2.17. The molecule has 0 aliphatic carbocycles. The number of Topliss-reactive ketones (excluding diaryl/α,β-unsaturated/α-hetero) is 1. The van der Waals surface area contributed by atoms with Gasteiger partial charge in [0.15, 0.2) is 5.78 Å². The van der Waals surface area contributed by atoms with Crippen LogP contribution in [0.5, 0.6) is 5.75 Å². The number of aromatic hydroxyl groups is 1. The van der Waals surface area contributed by atoms with E-state index in [9.17, 15) is 9.90 Å². The highest BCUT2D eigenvalue weighted by atomic mass is 16.3. The molecule has 0 atom stereocenters. The Kier molecular flexibility index (Phi) is 1.50. The first-order valence-corrected chi connectivity index (χ1v) is 3.88. The van der Waals surface area contributed by atoms with Crippen molar-refractivity contribution >= 4 is 11.5 Å². The molecule has 0 saturated heterocycles. The van der Waals surface area contributed by atoms with Crippen molar-refractivity contribution in [3.63, 3.8) is 0 Å². The maximum absolute atomic E-state index is 11.3. The summed E-state index contributed by atoms with van der Waals surface area (Å²) in [4.78, 5) is 11.3. The van der Waals surface area contributed by atoms with E-state index in [4.69, 9.17) is 0 Å². The van der Waals surface area contributed by atoms with Gasteiger partial charge in [-0.05, 0) is 12.1 Å². The van der Waals surface area contributed by atoms with Crippen LogP contribution in [0.2, 0.25) is 0 Å². The van der Waals surface area contributed by atoms with Gasteiger partial charge in [-0.2, -0.15) is 0 Å². The van der Waals surface area contributed by atoms with E-state index in [2.05, 4.69) is 5.32 Å². The van der Waals surface area contributed by atoms with Crippen molar-refractivity contribution in [3.8, 4) is 5.75 Å². The molecule has 2 rings (SSSR count). The number of anilines is 1. The van der Waals surface area contributed by atoms with Gasteiger partial charge < -0.3 is 10.4 Å². The molecule has 0 spiro atoms. The summed E-state index contributed by atoms with van der Waals surface area (Å²) in [5.74, 6) is 0.250. The lowest BCUT2D eigenvalue weighted by atomic mass is 10.0. The summed E-state index contributed by atoms with van der Waals surface area (Å²) in [5.41, 5.74) is 1.18. The van der Waals surface area contributed by atoms with Gasteiger partial charge in [-0.15, -0.1) is 0 Å². The molecule has 0 unspecified atom stereocenters. The second-order valence-corrected chi connectivity index (χ2v) is 2.80. The number of nitrogens with one attached hydrogen (secondary N) is 1. The molecular weight excluding hydrogens is 154 g/mol. The molecule has 2 N–H and O–H groups in total. The summed E-state index contributed by atoms with van der Waals surface area (Å²) in [6, 6.07) is 4.98. The number of benzene rings is 1. The van der Waals surface area contributed by atoms with Crippen LogP contribution in [0.15, 0.2) is 18.2 Å². The third-order valence-corrected chi connectivity index (χ3v) is 2.00. The molecule has 0 saturated carbocycles. The molecule has 1 aliphatic rings. The van der Waals surface area contributed by atoms with Crippen LogP contribution in [0.25, 0.3) is 0 Å². The molecule has 1 aromatic carbocycles. The molecule has 1 aliphatic heterocycles. The van der Waals surface area contributed by atoms with Crippen molar-refractivity contribution in [1.29, 1.82) is 0 Å². The predicted octanol–water partition coefficient (Wildman–Crippen LogP) is 1.39. The van der Waals surface area contributed by atoms with Crippen LogP contribution in [-0.2, 0) is 0 Å². The van der Waals surface area contributed by atoms with Crippen molar-refractivity contribution in [2.45, 2.75) is 6.42 Å². The summed E-state index contributed by atoms with van der Waals surface area (Å²) in [6.07, 6.45) is 0.510. The van der Waals surface area contributed by atoms with Gasteiger partial charge in [-0.25, -0.2) is 0 Å². The highest BCUT2D eigenvalue weighted by molar-refractivity contribution is 6.04. The number of phenols is 1. The third kappa shape index (κ3) is 0.942. The number of para-hydroxylation sites is 1. The Bertz CT molecular complexity index is 333. The predicted molar refractivity (Wildman–Crippen MR) is 45.5 cm³/mol. The number of phenolic OH excluding ortho intramolecular Hbond substituents is 1. The zero-order chi connectivity index (χ0) is 8.55. The molecule has 0 aromatic heterocycles. The number of fused-ring (bicyclic) bond motifs is 1. The average molecular weight is 163 g/mol. The van der Waals surface area contributed by atoms with Gasteiger partial charge in [0, 0.05) is 18.5 Å². The van der Waals surface area contributed by atoms with Gasteiger partial charge in [0.2, 0.25) is 0 Å². The number of ketones is 1. The second-order valence-electron chi connectivity index (χ2n) is 2.80. The van der Waals surface area contributed by atoms with E-state index in [1.807, 2.05) is 0 Å². The molecule has 62 valence electrons. The number of rotatable bonds is 0.